The van der Waals surface area contributed by atoms with Gasteiger partial charge in [0.1, 0.15) is 0 Å². The highest BCUT2D eigenvalue weighted by atomic mass is 13.9. The Morgan fingerprint density at radius 3 is 2.33 bits per heavy atom. The van der Waals surface area contributed by atoms with Gasteiger partial charge in [0.15, 0.2) is 0 Å². The van der Waals surface area contributed by atoms with Gasteiger partial charge in [0.2, 0.25) is 0 Å². The summed E-state index contributed by atoms with van der Waals surface area (Å²) in [4.78, 5) is 0. The van der Waals surface area contributed by atoms with Gasteiger partial charge in [-0.1, -0.05) is 36.5 Å². The van der Waals surface area contributed by atoms with Crippen LogP contribution in [-0.2, 0) is 0 Å². The molecule has 0 amide bonds. The van der Waals surface area contributed by atoms with E-state index in [2.05, 4.69) is 42.9 Å². The molecular formula is C12H17. The van der Waals surface area contributed by atoms with E-state index in [0.29, 0.717) is 0 Å². The van der Waals surface area contributed by atoms with Gasteiger partial charge in [-0.05, 0) is 38.5 Å². The summed E-state index contributed by atoms with van der Waals surface area (Å²) in [6.07, 6.45) is 21.5. The van der Waals surface area contributed by atoms with Crippen LogP contribution < -0.4 is 0 Å². The van der Waals surface area contributed by atoms with Crippen molar-refractivity contribution in [1.29, 1.82) is 0 Å². The van der Waals surface area contributed by atoms with Gasteiger partial charge < -0.3 is 0 Å². The Balaban J connectivity index is 2.31. The molecule has 0 atom stereocenters. The first-order chi connectivity index (χ1) is 6.00. The van der Waals surface area contributed by atoms with Gasteiger partial charge in [-0.2, -0.15) is 0 Å². The minimum Gasteiger partial charge on any atom is -0.0882 e. The van der Waals surface area contributed by atoms with Crippen molar-refractivity contribution < 1.29 is 0 Å². The number of hydrogen-bond donors (Lipinski definition) is 0. The van der Waals surface area contributed by atoms with Gasteiger partial charge in [-0.15, -0.1) is 0 Å². The maximum Gasteiger partial charge on any atom is -0.0169 e. The maximum absolute atomic E-state index is 2.28. The van der Waals surface area contributed by atoms with Crippen molar-refractivity contribution in [3.63, 3.8) is 0 Å². The van der Waals surface area contributed by atoms with Crippen LogP contribution in [0.3, 0.4) is 0 Å². The Morgan fingerprint density at radius 2 is 1.42 bits per heavy atom. The molecule has 0 bridgehead atoms. The molecule has 1 aliphatic rings. The molecule has 0 aromatic heterocycles. The summed E-state index contributed by atoms with van der Waals surface area (Å²) in [5.74, 6) is 0. The molecule has 0 saturated carbocycles. The average Bonchev–Trinajstić information content (AvgIpc) is 2.05. The van der Waals surface area contributed by atoms with E-state index in [9.17, 15) is 0 Å². The van der Waals surface area contributed by atoms with Crippen LogP contribution >= 0.6 is 0 Å². The fourth-order valence-electron chi connectivity index (χ4n) is 1.19. The van der Waals surface area contributed by atoms with Crippen molar-refractivity contribution in [2.24, 2.45) is 0 Å². The molecule has 0 unspecified atom stereocenters. The van der Waals surface area contributed by atoms with Gasteiger partial charge in [0, 0.05) is 0 Å². The molecule has 0 N–H and O–H groups in total. The minimum atomic E-state index is 1.07. The molecule has 1 radical (unpaired) electrons. The lowest BCUT2D eigenvalue weighted by molar-refractivity contribution is 0.840. The van der Waals surface area contributed by atoms with E-state index in [1.165, 1.54) is 19.3 Å². The second-order valence-electron chi connectivity index (χ2n) is 3.01. The zero-order valence-corrected chi connectivity index (χ0v) is 7.58. The number of rotatable bonds is 0. The standard InChI is InChI=1S/C12H17/c1-2-4-6-8-10-12-11-9-7-5-3-1/h1-3,6,8,11-12H,4-5,7,9-10H2/b2-1-,8-6-,12-11+. The van der Waals surface area contributed by atoms with Crippen molar-refractivity contribution in [3.05, 3.63) is 42.9 Å². The Bertz CT molecular complexity index is 152. The lowest BCUT2D eigenvalue weighted by Gasteiger charge is -1.93. The predicted octanol–water partition coefficient (Wildman–Crippen LogP) is 3.82. The molecule has 0 saturated heterocycles. The SMILES string of the molecule is [CH]1/C=C\C/C=C\C/C=C/CCC1. The molecule has 0 spiro atoms. The lowest BCUT2D eigenvalue weighted by atomic mass is 10.1. The predicted molar refractivity (Wildman–Crippen MR) is 54.8 cm³/mol. The highest BCUT2D eigenvalue weighted by molar-refractivity contribution is 5.02. The van der Waals surface area contributed by atoms with Gasteiger partial charge in [0.05, 0.1) is 0 Å². The van der Waals surface area contributed by atoms with E-state index in [0.717, 1.165) is 12.8 Å². The molecule has 0 aliphatic heterocycles. The molecular weight excluding hydrogens is 144 g/mol. The fourth-order valence-corrected chi connectivity index (χ4v) is 1.19. The van der Waals surface area contributed by atoms with E-state index >= 15 is 0 Å². The Labute approximate surface area is 75.7 Å². The van der Waals surface area contributed by atoms with E-state index in [1.807, 2.05) is 0 Å². The third-order valence-corrected chi connectivity index (χ3v) is 1.89. The van der Waals surface area contributed by atoms with Crippen LogP contribution in [-0.4, -0.2) is 0 Å². The minimum absolute atomic E-state index is 1.07. The van der Waals surface area contributed by atoms with E-state index in [1.54, 1.807) is 0 Å². The summed E-state index contributed by atoms with van der Waals surface area (Å²) >= 11 is 0. The number of hydrogen-bond acceptors (Lipinski definition) is 0. The Hall–Kier alpha value is -0.780. The number of allylic oxidation sites excluding steroid dienone is 6. The van der Waals surface area contributed by atoms with Gasteiger partial charge >= 0.3 is 0 Å². The first kappa shape index (κ1) is 9.31. The molecule has 1 rings (SSSR count). The van der Waals surface area contributed by atoms with Crippen LogP contribution in [0.1, 0.15) is 32.1 Å². The monoisotopic (exact) mass is 161 g/mol. The van der Waals surface area contributed by atoms with Crippen LogP contribution in [0, 0.1) is 6.42 Å². The fraction of sp³-hybridized carbons (Fsp3) is 0.417. The molecule has 0 fully saturated rings. The highest BCUT2D eigenvalue weighted by Gasteiger charge is 1.84. The van der Waals surface area contributed by atoms with E-state index in [4.69, 9.17) is 0 Å². The molecule has 0 heterocycles. The lowest BCUT2D eigenvalue weighted by Crippen LogP contribution is -1.74. The summed E-state index contributed by atoms with van der Waals surface area (Å²) in [6, 6.07) is 0. The van der Waals surface area contributed by atoms with Crippen molar-refractivity contribution in [1.82, 2.24) is 0 Å². The second kappa shape index (κ2) is 6.90. The van der Waals surface area contributed by atoms with Crippen molar-refractivity contribution in [2.75, 3.05) is 0 Å². The average molecular weight is 161 g/mol. The molecule has 12 heavy (non-hydrogen) atoms. The summed E-state index contributed by atoms with van der Waals surface area (Å²) in [6.45, 7) is 0. The zero-order valence-electron chi connectivity index (χ0n) is 7.58. The first-order valence-electron chi connectivity index (χ1n) is 4.78. The van der Waals surface area contributed by atoms with Gasteiger partial charge in [-0.25, -0.2) is 0 Å². The van der Waals surface area contributed by atoms with Crippen LogP contribution in [0.4, 0.5) is 0 Å². The zero-order chi connectivity index (χ0) is 8.49. The quantitative estimate of drug-likeness (QED) is 0.474. The summed E-state index contributed by atoms with van der Waals surface area (Å²) in [5, 5.41) is 0. The molecule has 0 aromatic carbocycles. The van der Waals surface area contributed by atoms with Crippen LogP contribution in [0.25, 0.3) is 0 Å². The second-order valence-corrected chi connectivity index (χ2v) is 3.01. The third kappa shape index (κ3) is 4.95. The Morgan fingerprint density at radius 1 is 0.667 bits per heavy atom. The molecule has 1 aliphatic carbocycles. The smallest absolute Gasteiger partial charge is 0.0169 e. The van der Waals surface area contributed by atoms with Crippen LogP contribution in [0.15, 0.2) is 36.5 Å². The topological polar surface area (TPSA) is 0 Å². The largest absolute Gasteiger partial charge is 0.0882 e. The molecule has 0 aromatic rings. The van der Waals surface area contributed by atoms with E-state index < -0.39 is 0 Å². The summed E-state index contributed by atoms with van der Waals surface area (Å²) < 4.78 is 0. The van der Waals surface area contributed by atoms with E-state index in [-0.39, 0.29) is 0 Å². The highest BCUT2D eigenvalue weighted by Crippen LogP contribution is 2.03. The molecule has 0 heteroatoms. The molecule has 65 valence electrons. The first-order valence-corrected chi connectivity index (χ1v) is 4.78. The van der Waals surface area contributed by atoms with Crippen LogP contribution in [0.2, 0.25) is 0 Å². The van der Waals surface area contributed by atoms with Gasteiger partial charge in [0.25, 0.3) is 0 Å². The Kier molecular flexibility index (Phi) is 5.35. The van der Waals surface area contributed by atoms with Crippen molar-refractivity contribution in [3.8, 4) is 0 Å². The normalized spacial score (nSPS) is 28.0. The van der Waals surface area contributed by atoms with Gasteiger partial charge in [-0.3, -0.25) is 0 Å². The maximum atomic E-state index is 2.28. The molecule has 0 nitrogen and oxygen atoms in total. The van der Waals surface area contributed by atoms with Crippen molar-refractivity contribution >= 4 is 0 Å². The summed E-state index contributed by atoms with van der Waals surface area (Å²) in [7, 11) is 0. The van der Waals surface area contributed by atoms with Crippen LogP contribution in [0.5, 0.6) is 0 Å². The summed E-state index contributed by atoms with van der Waals surface area (Å²) in [5.41, 5.74) is 0. The van der Waals surface area contributed by atoms with Crippen molar-refractivity contribution in [2.45, 2.75) is 32.1 Å². The third-order valence-electron chi connectivity index (χ3n) is 1.89.